The van der Waals surface area contributed by atoms with Crippen molar-refractivity contribution in [1.82, 2.24) is 9.29 Å². The van der Waals surface area contributed by atoms with Crippen LogP contribution in [-0.4, -0.2) is 37.6 Å². The molecule has 0 spiro atoms. The van der Waals surface area contributed by atoms with Crippen molar-refractivity contribution in [2.24, 2.45) is 0 Å². The first-order valence-corrected chi connectivity index (χ1v) is 10.0. The van der Waals surface area contributed by atoms with Gasteiger partial charge in [-0.25, -0.2) is 8.42 Å². The number of rotatable bonds is 3. The fourth-order valence-electron chi connectivity index (χ4n) is 3.70. The van der Waals surface area contributed by atoms with E-state index in [0.717, 1.165) is 23.0 Å². The number of aromatic nitrogens is 1. The summed E-state index contributed by atoms with van der Waals surface area (Å²) >= 11 is 0. The molecule has 2 aliphatic rings. The van der Waals surface area contributed by atoms with Crippen molar-refractivity contribution in [2.75, 3.05) is 19.9 Å². The van der Waals surface area contributed by atoms with Gasteiger partial charge in [0.1, 0.15) is 0 Å². The van der Waals surface area contributed by atoms with E-state index in [1.807, 2.05) is 18.2 Å². The van der Waals surface area contributed by atoms with E-state index in [-0.39, 0.29) is 17.6 Å². The number of ether oxygens (including phenoxy) is 2. The Bertz CT molecular complexity index is 1060. The first-order chi connectivity index (χ1) is 12.6. The Balaban J connectivity index is 1.41. The molecule has 1 atom stereocenters. The highest BCUT2D eigenvalue weighted by atomic mass is 32.2. The van der Waals surface area contributed by atoms with Gasteiger partial charge in [0.15, 0.2) is 11.5 Å². The number of hydrogen-bond donors (Lipinski definition) is 1. The lowest BCUT2D eigenvalue weighted by atomic mass is 10.1. The maximum absolute atomic E-state index is 13.0. The zero-order chi connectivity index (χ0) is 17.7. The largest absolute Gasteiger partial charge is 0.454 e. The van der Waals surface area contributed by atoms with Crippen molar-refractivity contribution < 1.29 is 17.9 Å². The molecule has 0 radical (unpaired) electrons. The summed E-state index contributed by atoms with van der Waals surface area (Å²) in [6.45, 7) is 1.12. The lowest BCUT2D eigenvalue weighted by Crippen LogP contribution is -2.28. The molecule has 26 heavy (non-hydrogen) atoms. The predicted octanol–water partition coefficient (Wildman–Crippen LogP) is 3.07. The summed E-state index contributed by atoms with van der Waals surface area (Å²) in [6, 6.07) is 15.0. The Morgan fingerprint density at radius 1 is 1.04 bits per heavy atom. The quantitative estimate of drug-likeness (QED) is 0.769. The van der Waals surface area contributed by atoms with Crippen LogP contribution in [0, 0.1) is 0 Å². The number of aromatic amines is 1. The van der Waals surface area contributed by atoms with Gasteiger partial charge in [-0.3, -0.25) is 0 Å². The average molecular weight is 370 g/mol. The molecule has 0 saturated carbocycles. The molecule has 0 bridgehead atoms. The molecule has 0 amide bonds. The van der Waals surface area contributed by atoms with E-state index in [2.05, 4.69) is 17.1 Å². The molecule has 0 aliphatic carbocycles. The second kappa shape index (κ2) is 5.75. The number of nitrogens with one attached hydrogen (secondary N) is 1. The molecular formula is C19H18N2O4S. The Morgan fingerprint density at radius 2 is 1.88 bits per heavy atom. The minimum absolute atomic E-state index is 0.130. The van der Waals surface area contributed by atoms with Gasteiger partial charge in [0, 0.05) is 36.3 Å². The summed E-state index contributed by atoms with van der Waals surface area (Å²) in [5.41, 5.74) is 2.18. The first-order valence-electron chi connectivity index (χ1n) is 8.59. The number of nitrogens with zero attached hydrogens (tertiary/aromatic N) is 1. The van der Waals surface area contributed by atoms with Gasteiger partial charge < -0.3 is 14.5 Å². The van der Waals surface area contributed by atoms with E-state index < -0.39 is 10.0 Å². The standard InChI is InChI=1S/C19H18N2O4S/c22-26(23,15-5-6-18-19(10-15)25-12-24-18)21-8-7-14(11-21)17-9-13-3-1-2-4-16(13)20-17/h1-6,9-10,14,20H,7-8,11-12H2. The SMILES string of the molecule is O=S(=O)(c1ccc2c(c1)OCO2)N1CCC(c2cc3ccccc3[nH]2)C1. The molecule has 1 aromatic heterocycles. The fourth-order valence-corrected chi connectivity index (χ4v) is 5.22. The van der Waals surface area contributed by atoms with Crippen molar-refractivity contribution >= 4 is 20.9 Å². The second-order valence-corrected chi connectivity index (χ2v) is 8.61. The minimum atomic E-state index is -3.55. The van der Waals surface area contributed by atoms with Gasteiger partial charge in [0.2, 0.25) is 16.8 Å². The minimum Gasteiger partial charge on any atom is -0.454 e. The van der Waals surface area contributed by atoms with Crippen molar-refractivity contribution in [3.63, 3.8) is 0 Å². The number of fused-ring (bicyclic) bond motifs is 2. The Labute approximate surface area is 151 Å². The van der Waals surface area contributed by atoms with Crippen molar-refractivity contribution in [3.05, 3.63) is 54.2 Å². The molecule has 3 heterocycles. The number of benzene rings is 2. The van der Waals surface area contributed by atoms with Gasteiger partial charge in [0.05, 0.1) is 4.90 Å². The molecule has 3 aromatic rings. The van der Waals surface area contributed by atoms with E-state index in [1.54, 1.807) is 22.5 Å². The van der Waals surface area contributed by atoms with Crippen LogP contribution < -0.4 is 9.47 Å². The molecule has 1 N–H and O–H groups in total. The van der Waals surface area contributed by atoms with Crippen LogP contribution in [0.1, 0.15) is 18.0 Å². The molecular weight excluding hydrogens is 352 g/mol. The van der Waals surface area contributed by atoms with E-state index in [9.17, 15) is 8.42 Å². The van der Waals surface area contributed by atoms with Gasteiger partial charge in [0.25, 0.3) is 0 Å². The maximum Gasteiger partial charge on any atom is 0.243 e. The summed E-state index contributed by atoms with van der Waals surface area (Å²) in [5, 5.41) is 1.15. The van der Waals surface area contributed by atoms with E-state index in [4.69, 9.17) is 9.47 Å². The number of sulfonamides is 1. The molecule has 2 aliphatic heterocycles. The van der Waals surface area contributed by atoms with E-state index in [1.165, 1.54) is 0 Å². The fraction of sp³-hybridized carbons (Fsp3) is 0.263. The van der Waals surface area contributed by atoms with Crippen LogP contribution >= 0.6 is 0 Å². The summed E-state index contributed by atoms with van der Waals surface area (Å²) in [7, 11) is -3.55. The summed E-state index contributed by atoms with van der Waals surface area (Å²) < 4.78 is 38.1. The monoisotopic (exact) mass is 370 g/mol. The molecule has 2 aromatic carbocycles. The van der Waals surface area contributed by atoms with Crippen LogP contribution in [0.4, 0.5) is 0 Å². The molecule has 5 rings (SSSR count). The van der Waals surface area contributed by atoms with Crippen LogP contribution in [0.2, 0.25) is 0 Å². The Kier molecular flexibility index (Phi) is 3.48. The molecule has 7 heteroatoms. The van der Waals surface area contributed by atoms with Gasteiger partial charge in [-0.05, 0) is 36.1 Å². The maximum atomic E-state index is 13.0. The normalized spacial score (nSPS) is 20.1. The third-order valence-corrected chi connectivity index (χ3v) is 6.98. The number of para-hydroxylation sites is 1. The average Bonchev–Trinajstić information content (AvgIpc) is 3.38. The van der Waals surface area contributed by atoms with Crippen LogP contribution in [0.3, 0.4) is 0 Å². The van der Waals surface area contributed by atoms with Crippen molar-refractivity contribution in [1.29, 1.82) is 0 Å². The Hall–Kier alpha value is -2.51. The topological polar surface area (TPSA) is 71.6 Å². The Morgan fingerprint density at radius 3 is 2.77 bits per heavy atom. The van der Waals surface area contributed by atoms with Gasteiger partial charge >= 0.3 is 0 Å². The first kappa shape index (κ1) is 15.7. The lowest BCUT2D eigenvalue weighted by molar-refractivity contribution is 0.174. The molecule has 134 valence electrons. The van der Waals surface area contributed by atoms with E-state index in [0.29, 0.717) is 24.6 Å². The second-order valence-electron chi connectivity index (χ2n) is 6.68. The van der Waals surface area contributed by atoms with Crippen LogP contribution in [-0.2, 0) is 10.0 Å². The zero-order valence-electron chi connectivity index (χ0n) is 14.0. The highest BCUT2D eigenvalue weighted by Gasteiger charge is 2.34. The van der Waals surface area contributed by atoms with Crippen LogP contribution in [0.25, 0.3) is 10.9 Å². The predicted molar refractivity (Wildman–Crippen MR) is 97.0 cm³/mol. The third kappa shape index (κ3) is 2.47. The highest BCUT2D eigenvalue weighted by Crippen LogP contribution is 2.37. The van der Waals surface area contributed by atoms with Gasteiger partial charge in [-0.15, -0.1) is 0 Å². The lowest BCUT2D eigenvalue weighted by Gasteiger charge is -2.16. The summed E-state index contributed by atoms with van der Waals surface area (Å²) in [5.74, 6) is 1.24. The molecule has 1 unspecified atom stereocenters. The van der Waals surface area contributed by atoms with E-state index >= 15 is 0 Å². The molecule has 6 nitrogen and oxygen atoms in total. The smallest absolute Gasteiger partial charge is 0.243 e. The highest BCUT2D eigenvalue weighted by molar-refractivity contribution is 7.89. The van der Waals surface area contributed by atoms with Gasteiger partial charge in [-0.1, -0.05) is 18.2 Å². The molecule has 1 saturated heterocycles. The third-order valence-electron chi connectivity index (χ3n) is 5.12. The summed E-state index contributed by atoms with van der Waals surface area (Å²) in [4.78, 5) is 3.67. The van der Waals surface area contributed by atoms with Gasteiger partial charge in [-0.2, -0.15) is 4.31 Å². The van der Waals surface area contributed by atoms with Crippen molar-refractivity contribution in [3.8, 4) is 11.5 Å². The van der Waals surface area contributed by atoms with Crippen LogP contribution in [0.5, 0.6) is 11.5 Å². The molecule has 1 fully saturated rings. The van der Waals surface area contributed by atoms with Crippen LogP contribution in [0.15, 0.2) is 53.4 Å². The number of hydrogen-bond acceptors (Lipinski definition) is 4. The summed E-state index contributed by atoms with van der Waals surface area (Å²) in [6.07, 6.45) is 0.802. The zero-order valence-corrected chi connectivity index (χ0v) is 14.8. The number of H-pyrrole nitrogens is 1. The van der Waals surface area contributed by atoms with Crippen molar-refractivity contribution in [2.45, 2.75) is 17.2 Å².